The predicted molar refractivity (Wildman–Crippen MR) is 134 cm³/mol. The Bertz CT molecular complexity index is 1240. The first-order chi connectivity index (χ1) is 16.4. The van der Waals surface area contributed by atoms with E-state index in [1.54, 1.807) is 35.7 Å². The Hall–Kier alpha value is -3.31. The van der Waals surface area contributed by atoms with Crippen LogP contribution in [0, 0.1) is 11.3 Å². The molecule has 2 aromatic heterocycles. The summed E-state index contributed by atoms with van der Waals surface area (Å²) in [4.78, 5) is 17.8. The number of rotatable bonds is 7. The molecule has 1 aliphatic heterocycles. The maximum Gasteiger partial charge on any atom is 0.252 e. The lowest BCUT2D eigenvalue weighted by molar-refractivity contribution is 0.101. The Labute approximate surface area is 200 Å². The quantitative estimate of drug-likeness (QED) is 0.533. The van der Waals surface area contributed by atoms with Gasteiger partial charge in [0.25, 0.3) is 5.56 Å². The summed E-state index contributed by atoms with van der Waals surface area (Å²) in [6.45, 7) is 8.58. The molecule has 1 saturated heterocycles. The lowest BCUT2D eigenvalue weighted by Crippen LogP contribution is -2.58. The third-order valence-electron chi connectivity index (χ3n) is 7.26. The second kappa shape index (κ2) is 9.90. The average Bonchev–Trinajstić information content (AvgIpc) is 3.29. The van der Waals surface area contributed by atoms with Crippen molar-refractivity contribution in [3.8, 4) is 11.8 Å². The van der Waals surface area contributed by atoms with Gasteiger partial charge in [0, 0.05) is 44.3 Å². The van der Waals surface area contributed by atoms with E-state index >= 15 is 0 Å². The molecule has 3 atom stereocenters. The Morgan fingerprint density at radius 2 is 1.88 bits per heavy atom. The summed E-state index contributed by atoms with van der Waals surface area (Å²) in [5, 5.41) is 13.8. The minimum absolute atomic E-state index is 0.0593. The first-order valence-corrected chi connectivity index (χ1v) is 12.0. The molecule has 1 aliphatic rings. The van der Waals surface area contributed by atoms with Crippen LogP contribution in [0.2, 0.25) is 0 Å². The maximum absolute atomic E-state index is 12.8. The SMILES string of the molecule is CC[C@H]1CN([C@@H](C)c2ccc(OC)cc2)[C@H](CC)CN1c1cc(=O)n(C)c2cn(CC#N)nc12. The molecule has 0 radical (unpaired) electrons. The third-order valence-corrected chi connectivity index (χ3v) is 7.26. The molecule has 34 heavy (non-hydrogen) atoms. The number of fused-ring (bicyclic) bond motifs is 1. The number of hydrogen-bond acceptors (Lipinski definition) is 6. The van der Waals surface area contributed by atoms with E-state index in [9.17, 15) is 4.79 Å². The summed E-state index contributed by atoms with van der Waals surface area (Å²) in [5.74, 6) is 0.866. The van der Waals surface area contributed by atoms with Crippen LogP contribution in [0.4, 0.5) is 5.69 Å². The van der Waals surface area contributed by atoms with Crippen molar-refractivity contribution in [2.24, 2.45) is 7.05 Å². The minimum Gasteiger partial charge on any atom is -0.497 e. The zero-order valence-electron chi connectivity index (χ0n) is 20.7. The molecule has 0 N–H and O–H groups in total. The molecule has 0 spiro atoms. The highest BCUT2D eigenvalue weighted by Crippen LogP contribution is 2.34. The van der Waals surface area contributed by atoms with Crippen LogP contribution < -0.4 is 15.2 Å². The molecule has 0 unspecified atom stereocenters. The number of nitrogens with zero attached hydrogens (tertiary/aromatic N) is 6. The predicted octanol–water partition coefficient (Wildman–Crippen LogP) is 3.71. The van der Waals surface area contributed by atoms with Gasteiger partial charge in [0.15, 0.2) is 0 Å². The van der Waals surface area contributed by atoms with Gasteiger partial charge in [0.2, 0.25) is 0 Å². The third kappa shape index (κ3) is 4.28. The van der Waals surface area contributed by atoms with Crippen LogP contribution in [0.25, 0.3) is 11.0 Å². The Morgan fingerprint density at radius 3 is 2.50 bits per heavy atom. The molecule has 180 valence electrons. The molecule has 0 amide bonds. The van der Waals surface area contributed by atoms with Crippen LogP contribution in [0.1, 0.15) is 45.2 Å². The summed E-state index contributed by atoms with van der Waals surface area (Å²) >= 11 is 0. The Morgan fingerprint density at radius 1 is 1.18 bits per heavy atom. The fourth-order valence-corrected chi connectivity index (χ4v) is 5.14. The molecular formula is C26H34N6O2. The molecule has 0 aliphatic carbocycles. The second-order valence-electron chi connectivity index (χ2n) is 9.07. The first-order valence-electron chi connectivity index (χ1n) is 12.0. The highest BCUT2D eigenvalue weighted by Gasteiger charge is 2.36. The van der Waals surface area contributed by atoms with E-state index in [1.807, 2.05) is 12.1 Å². The van der Waals surface area contributed by atoms with E-state index in [0.29, 0.717) is 6.04 Å². The summed E-state index contributed by atoms with van der Waals surface area (Å²) < 4.78 is 8.56. The number of piperazine rings is 1. The largest absolute Gasteiger partial charge is 0.497 e. The number of pyridine rings is 1. The zero-order chi connectivity index (χ0) is 24.4. The maximum atomic E-state index is 12.8. The summed E-state index contributed by atoms with van der Waals surface area (Å²) in [7, 11) is 3.45. The van der Waals surface area contributed by atoms with E-state index in [0.717, 1.165) is 48.4 Å². The number of aryl methyl sites for hydroxylation is 1. The molecular weight excluding hydrogens is 428 g/mol. The fraction of sp³-hybridized carbons (Fsp3) is 0.500. The molecule has 1 fully saturated rings. The highest BCUT2D eigenvalue weighted by molar-refractivity contribution is 5.88. The van der Waals surface area contributed by atoms with Gasteiger partial charge in [-0.3, -0.25) is 14.4 Å². The second-order valence-corrected chi connectivity index (χ2v) is 9.07. The molecule has 3 heterocycles. The van der Waals surface area contributed by atoms with E-state index in [1.165, 1.54) is 5.56 Å². The fourth-order valence-electron chi connectivity index (χ4n) is 5.14. The smallest absolute Gasteiger partial charge is 0.252 e. The van der Waals surface area contributed by atoms with Crippen molar-refractivity contribution in [3.05, 3.63) is 52.4 Å². The van der Waals surface area contributed by atoms with Crippen molar-refractivity contribution < 1.29 is 4.74 Å². The van der Waals surface area contributed by atoms with Gasteiger partial charge in [-0.1, -0.05) is 26.0 Å². The van der Waals surface area contributed by atoms with Crippen molar-refractivity contribution in [3.63, 3.8) is 0 Å². The lowest BCUT2D eigenvalue weighted by atomic mass is 9.96. The number of methoxy groups -OCH3 is 1. The number of nitriles is 1. The molecule has 1 aromatic carbocycles. The van der Waals surface area contributed by atoms with Crippen molar-refractivity contribution in [2.75, 3.05) is 25.1 Å². The van der Waals surface area contributed by atoms with Gasteiger partial charge >= 0.3 is 0 Å². The van der Waals surface area contributed by atoms with Crippen molar-refractivity contribution in [1.29, 1.82) is 5.26 Å². The molecule has 8 heteroatoms. The number of anilines is 1. The molecule has 8 nitrogen and oxygen atoms in total. The van der Waals surface area contributed by atoms with Crippen molar-refractivity contribution in [2.45, 2.75) is 58.3 Å². The normalized spacial score (nSPS) is 19.8. The number of aromatic nitrogens is 3. The van der Waals surface area contributed by atoms with Gasteiger partial charge in [0.05, 0.1) is 30.6 Å². The van der Waals surface area contributed by atoms with Crippen LogP contribution in [0.5, 0.6) is 5.75 Å². The van der Waals surface area contributed by atoms with Gasteiger partial charge in [-0.25, -0.2) is 0 Å². The van der Waals surface area contributed by atoms with Crippen LogP contribution >= 0.6 is 0 Å². The van der Waals surface area contributed by atoms with Crippen LogP contribution in [-0.4, -0.2) is 51.5 Å². The Kier molecular flexibility index (Phi) is 6.94. The number of benzene rings is 1. The van der Waals surface area contributed by atoms with Gasteiger partial charge in [-0.2, -0.15) is 10.4 Å². The van der Waals surface area contributed by atoms with Gasteiger partial charge < -0.3 is 14.2 Å². The summed E-state index contributed by atoms with van der Waals surface area (Å²) in [6.07, 6.45) is 3.76. The highest BCUT2D eigenvalue weighted by atomic mass is 16.5. The number of hydrogen-bond donors (Lipinski definition) is 0. The standard InChI is InChI=1S/C26H34N6O2/c1-6-20-16-32(23-14-25(33)29(4)24-17-30(13-12-27)28-26(23)24)21(7-2)15-31(20)18(3)19-8-10-22(34-5)11-9-19/h8-11,14,17-18,20-21H,6-7,13,15-16H2,1-5H3/t18-,20+,21-/m0/s1. The van der Waals surface area contributed by atoms with Gasteiger partial charge in [-0.05, 0) is 37.5 Å². The monoisotopic (exact) mass is 462 g/mol. The van der Waals surface area contributed by atoms with E-state index < -0.39 is 0 Å². The average molecular weight is 463 g/mol. The van der Waals surface area contributed by atoms with E-state index in [2.05, 4.69) is 53.9 Å². The van der Waals surface area contributed by atoms with Crippen LogP contribution in [0.3, 0.4) is 0 Å². The van der Waals surface area contributed by atoms with Gasteiger partial charge in [-0.15, -0.1) is 0 Å². The molecule has 3 aromatic rings. The topological polar surface area (TPSA) is 79.3 Å². The van der Waals surface area contributed by atoms with Crippen LogP contribution in [0.15, 0.2) is 41.3 Å². The van der Waals surface area contributed by atoms with Crippen molar-refractivity contribution >= 4 is 16.7 Å². The molecule has 0 saturated carbocycles. The van der Waals surface area contributed by atoms with Crippen LogP contribution in [-0.2, 0) is 13.6 Å². The summed E-state index contributed by atoms with van der Waals surface area (Å²) in [5.41, 5.74) is 3.62. The van der Waals surface area contributed by atoms with E-state index in [4.69, 9.17) is 10.00 Å². The number of ether oxygens (including phenoxy) is 1. The zero-order valence-corrected chi connectivity index (χ0v) is 20.7. The lowest BCUT2D eigenvalue weighted by Gasteiger charge is -2.49. The van der Waals surface area contributed by atoms with Gasteiger partial charge in [0.1, 0.15) is 17.8 Å². The van der Waals surface area contributed by atoms with E-state index in [-0.39, 0.29) is 24.2 Å². The Balaban J connectivity index is 1.70. The molecule has 0 bridgehead atoms. The molecule has 4 rings (SSSR count). The minimum atomic E-state index is -0.0593. The van der Waals surface area contributed by atoms with Crippen molar-refractivity contribution in [1.82, 2.24) is 19.2 Å². The summed E-state index contributed by atoms with van der Waals surface area (Å²) in [6, 6.07) is 13.0. The first kappa shape index (κ1) is 23.8.